The van der Waals surface area contributed by atoms with Gasteiger partial charge in [0.15, 0.2) is 0 Å². The minimum Gasteiger partial charge on any atom is -0.374 e. The number of nitrogens with one attached hydrogen (secondary N) is 1. The van der Waals surface area contributed by atoms with Crippen LogP contribution in [-0.2, 0) is 9.53 Å². The molecule has 23 heavy (non-hydrogen) atoms. The van der Waals surface area contributed by atoms with Crippen molar-refractivity contribution in [3.05, 3.63) is 29.3 Å². The first-order valence-corrected chi connectivity index (χ1v) is 9.39. The van der Waals surface area contributed by atoms with E-state index in [1.54, 1.807) is 0 Å². The van der Waals surface area contributed by atoms with E-state index in [1.807, 2.05) is 24.3 Å². The average molecular weight is 357 g/mol. The molecular weight excluding hydrogens is 332 g/mol. The number of benzene rings is 1. The number of morpholine rings is 1. The van der Waals surface area contributed by atoms with Gasteiger partial charge in [0, 0.05) is 31.1 Å². The van der Waals surface area contributed by atoms with Crippen molar-refractivity contribution >= 4 is 29.3 Å². The van der Waals surface area contributed by atoms with Crippen LogP contribution in [0.15, 0.2) is 29.2 Å². The van der Waals surface area contributed by atoms with E-state index in [9.17, 15) is 4.79 Å². The predicted octanol–water partition coefficient (Wildman–Crippen LogP) is 2.91. The maximum absolute atomic E-state index is 12.0. The number of carbonyl (C=O) groups is 1. The summed E-state index contributed by atoms with van der Waals surface area (Å²) in [6, 6.07) is 7.57. The molecule has 1 fully saturated rings. The van der Waals surface area contributed by atoms with Gasteiger partial charge in [0.25, 0.3) is 0 Å². The third kappa shape index (κ3) is 6.71. The number of amides is 1. The molecule has 4 nitrogen and oxygen atoms in total. The number of halogens is 1. The Morgan fingerprint density at radius 1 is 1.48 bits per heavy atom. The molecule has 0 saturated carbocycles. The van der Waals surface area contributed by atoms with Crippen molar-refractivity contribution in [2.24, 2.45) is 5.92 Å². The highest BCUT2D eigenvalue weighted by Gasteiger charge is 2.21. The second kappa shape index (κ2) is 9.52. The summed E-state index contributed by atoms with van der Waals surface area (Å²) in [5, 5.41) is 3.65. The molecule has 1 N–H and O–H groups in total. The molecule has 0 spiro atoms. The molecule has 6 heteroatoms. The topological polar surface area (TPSA) is 41.6 Å². The van der Waals surface area contributed by atoms with E-state index in [1.165, 1.54) is 11.8 Å². The Bertz CT molecular complexity index is 513. The highest BCUT2D eigenvalue weighted by atomic mass is 35.5. The van der Waals surface area contributed by atoms with Crippen LogP contribution >= 0.6 is 23.4 Å². The molecule has 128 valence electrons. The molecule has 1 heterocycles. The van der Waals surface area contributed by atoms with Gasteiger partial charge in [0.2, 0.25) is 5.91 Å². The maximum atomic E-state index is 12.0. The number of rotatable bonds is 7. The van der Waals surface area contributed by atoms with E-state index in [-0.39, 0.29) is 12.0 Å². The van der Waals surface area contributed by atoms with Crippen LogP contribution in [0.4, 0.5) is 0 Å². The molecule has 0 aliphatic carbocycles. The van der Waals surface area contributed by atoms with Crippen molar-refractivity contribution in [3.8, 4) is 0 Å². The van der Waals surface area contributed by atoms with Crippen LogP contribution in [0, 0.1) is 5.92 Å². The predicted molar refractivity (Wildman–Crippen MR) is 96.2 cm³/mol. The summed E-state index contributed by atoms with van der Waals surface area (Å²) in [4.78, 5) is 15.3. The first-order valence-electron chi connectivity index (χ1n) is 8.02. The standard InChI is InChI=1S/C17H25ClN2O2S/c1-13(2)10-20-7-8-22-14(11-20)9-19-17(21)12-23-16-6-4-3-5-15(16)18/h3-6,13-14H,7-12H2,1-2H3,(H,19,21). The second-order valence-corrected chi connectivity index (χ2v) is 7.59. The van der Waals surface area contributed by atoms with Crippen molar-refractivity contribution in [2.45, 2.75) is 24.8 Å². The van der Waals surface area contributed by atoms with Crippen molar-refractivity contribution in [3.63, 3.8) is 0 Å². The zero-order chi connectivity index (χ0) is 16.7. The molecule has 0 radical (unpaired) electrons. The SMILES string of the molecule is CC(C)CN1CCOC(CNC(=O)CSc2ccccc2Cl)C1. The lowest BCUT2D eigenvalue weighted by Gasteiger charge is -2.33. The molecule has 1 aliphatic rings. The van der Waals surface area contributed by atoms with Crippen molar-refractivity contribution < 1.29 is 9.53 Å². The average Bonchev–Trinajstić information content (AvgIpc) is 2.52. The van der Waals surface area contributed by atoms with Gasteiger partial charge in [-0.15, -0.1) is 11.8 Å². The van der Waals surface area contributed by atoms with E-state index < -0.39 is 0 Å². The van der Waals surface area contributed by atoms with Gasteiger partial charge >= 0.3 is 0 Å². The Labute approximate surface area is 147 Å². The molecule has 2 rings (SSSR count). The fraction of sp³-hybridized carbons (Fsp3) is 0.588. The quantitative estimate of drug-likeness (QED) is 0.763. The summed E-state index contributed by atoms with van der Waals surface area (Å²) in [6.07, 6.45) is 0.0803. The second-order valence-electron chi connectivity index (χ2n) is 6.17. The van der Waals surface area contributed by atoms with Crippen molar-refractivity contribution in [1.29, 1.82) is 0 Å². The van der Waals surface area contributed by atoms with Gasteiger partial charge in [-0.2, -0.15) is 0 Å². The Kier molecular flexibility index (Phi) is 7.70. The molecule has 1 unspecified atom stereocenters. The van der Waals surface area contributed by atoms with E-state index in [2.05, 4.69) is 24.1 Å². The van der Waals surface area contributed by atoms with Gasteiger partial charge in [-0.05, 0) is 18.1 Å². The lowest BCUT2D eigenvalue weighted by molar-refractivity contribution is -0.119. The number of nitrogens with zero attached hydrogens (tertiary/aromatic N) is 1. The van der Waals surface area contributed by atoms with E-state index >= 15 is 0 Å². The fourth-order valence-electron chi connectivity index (χ4n) is 2.57. The molecule has 0 aromatic heterocycles. The highest BCUT2D eigenvalue weighted by molar-refractivity contribution is 8.00. The van der Waals surface area contributed by atoms with Gasteiger partial charge in [0.1, 0.15) is 0 Å². The van der Waals surface area contributed by atoms with Gasteiger partial charge in [-0.3, -0.25) is 9.69 Å². The van der Waals surface area contributed by atoms with Crippen LogP contribution < -0.4 is 5.32 Å². The number of ether oxygens (including phenoxy) is 1. The number of hydrogen-bond donors (Lipinski definition) is 1. The normalized spacial score (nSPS) is 19.0. The summed E-state index contributed by atoms with van der Waals surface area (Å²) in [5.74, 6) is 1.03. The van der Waals surface area contributed by atoms with E-state index in [4.69, 9.17) is 16.3 Å². The lowest BCUT2D eigenvalue weighted by atomic mass is 10.2. The van der Waals surface area contributed by atoms with Gasteiger partial charge < -0.3 is 10.1 Å². The molecular formula is C17H25ClN2O2S. The smallest absolute Gasteiger partial charge is 0.230 e. The van der Waals surface area contributed by atoms with Crippen LogP contribution in [0.1, 0.15) is 13.8 Å². The van der Waals surface area contributed by atoms with Gasteiger partial charge in [-0.1, -0.05) is 37.6 Å². The van der Waals surface area contributed by atoms with Crippen LogP contribution in [0.3, 0.4) is 0 Å². The molecule has 1 aromatic carbocycles. The van der Waals surface area contributed by atoms with Crippen LogP contribution in [0.5, 0.6) is 0 Å². The minimum atomic E-state index is 0.0134. The Balaban J connectivity index is 1.69. The van der Waals surface area contributed by atoms with Crippen LogP contribution in [0.2, 0.25) is 5.02 Å². The minimum absolute atomic E-state index is 0.0134. The summed E-state index contributed by atoms with van der Waals surface area (Å²) < 4.78 is 5.74. The largest absolute Gasteiger partial charge is 0.374 e. The summed E-state index contributed by atoms with van der Waals surface area (Å²) >= 11 is 7.54. The number of hydrogen-bond acceptors (Lipinski definition) is 4. The fourth-order valence-corrected chi connectivity index (χ4v) is 3.64. The first-order chi connectivity index (χ1) is 11.0. The third-order valence-electron chi connectivity index (χ3n) is 3.57. The Morgan fingerprint density at radius 2 is 2.26 bits per heavy atom. The van der Waals surface area contributed by atoms with Crippen molar-refractivity contribution in [1.82, 2.24) is 10.2 Å². The molecule has 1 atom stereocenters. The summed E-state index contributed by atoms with van der Waals surface area (Å²) in [7, 11) is 0. The summed E-state index contributed by atoms with van der Waals surface area (Å²) in [5.41, 5.74) is 0. The molecule has 0 bridgehead atoms. The Hall–Kier alpha value is -0.750. The molecule has 1 aromatic rings. The van der Waals surface area contributed by atoms with Crippen LogP contribution in [-0.4, -0.2) is 55.4 Å². The lowest BCUT2D eigenvalue weighted by Crippen LogP contribution is -2.48. The van der Waals surface area contributed by atoms with E-state index in [0.29, 0.717) is 23.2 Å². The van der Waals surface area contributed by atoms with Gasteiger partial charge in [-0.25, -0.2) is 0 Å². The van der Waals surface area contributed by atoms with Crippen molar-refractivity contribution in [2.75, 3.05) is 38.5 Å². The number of thioether (sulfide) groups is 1. The first kappa shape index (κ1) is 18.6. The van der Waals surface area contributed by atoms with E-state index in [0.717, 1.165) is 31.1 Å². The highest BCUT2D eigenvalue weighted by Crippen LogP contribution is 2.26. The molecule has 1 aliphatic heterocycles. The zero-order valence-electron chi connectivity index (χ0n) is 13.8. The van der Waals surface area contributed by atoms with Crippen LogP contribution in [0.25, 0.3) is 0 Å². The monoisotopic (exact) mass is 356 g/mol. The zero-order valence-corrected chi connectivity index (χ0v) is 15.3. The van der Waals surface area contributed by atoms with Gasteiger partial charge in [0.05, 0.1) is 23.5 Å². The summed E-state index contributed by atoms with van der Waals surface area (Å²) in [6.45, 7) is 8.69. The number of carbonyl (C=O) groups excluding carboxylic acids is 1. The molecule has 1 amide bonds. The Morgan fingerprint density at radius 3 is 3.00 bits per heavy atom. The molecule has 1 saturated heterocycles. The maximum Gasteiger partial charge on any atom is 0.230 e. The third-order valence-corrected chi connectivity index (χ3v) is 5.08.